The molecule has 0 N–H and O–H groups in total. The van der Waals surface area contributed by atoms with Crippen molar-refractivity contribution >= 4 is 17.7 Å². The second-order valence-electron chi connectivity index (χ2n) is 9.05. The first-order chi connectivity index (χ1) is 16.9. The lowest BCUT2D eigenvalue weighted by molar-refractivity contribution is -0.143. The van der Waals surface area contributed by atoms with Crippen molar-refractivity contribution in [3.8, 4) is 11.5 Å². The molecule has 35 heavy (non-hydrogen) atoms. The second kappa shape index (κ2) is 8.90. The Kier molecular flexibility index (Phi) is 5.76. The zero-order valence-corrected chi connectivity index (χ0v) is 19.6. The van der Waals surface area contributed by atoms with Crippen LogP contribution in [0.5, 0.6) is 11.5 Å². The van der Waals surface area contributed by atoms with Gasteiger partial charge in [0.1, 0.15) is 0 Å². The highest BCUT2D eigenvalue weighted by Gasteiger charge is 2.54. The minimum atomic E-state index is -1.25. The molecule has 9 nitrogen and oxygen atoms in total. The third-order valence-corrected chi connectivity index (χ3v) is 6.57. The van der Waals surface area contributed by atoms with E-state index in [1.54, 1.807) is 35.0 Å². The van der Waals surface area contributed by atoms with E-state index in [2.05, 4.69) is 5.10 Å². The largest absolute Gasteiger partial charge is 0.454 e. The van der Waals surface area contributed by atoms with Crippen molar-refractivity contribution in [2.75, 3.05) is 13.8 Å². The van der Waals surface area contributed by atoms with Gasteiger partial charge in [-0.3, -0.25) is 24.0 Å². The Morgan fingerprint density at radius 2 is 1.86 bits per heavy atom. The lowest BCUT2D eigenvalue weighted by atomic mass is 9.75. The maximum Gasteiger partial charge on any atom is 0.241 e. The molecule has 0 radical (unpaired) electrons. The predicted octanol–water partition coefficient (Wildman–Crippen LogP) is 2.39. The van der Waals surface area contributed by atoms with Crippen LogP contribution in [0.4, 0.5) is 0 Å². The number of ether oxygens (including phenoxy) is 2. The fraction of sp³-hybridized carbons (Fsp3) is 0.308. The molecule has 0 unspecified atom stereocenters. The molecule has 1 aromatic heterocycles. The summed E-state index contributed by atoms with van der Waals surface area (Å²) in [6, 6.07) is 14.5. The van der Waals surface area contributed by atoms with E-state index >= 15 is 0 Å². The molecule has 1 saturated heterocycles. The van der Waals surface area contributed by atoms with Gasteiger partial charge in [-0.05, 0) is 23.3 Å². The average Bonchev–Trinajstić information content (AvgIpc) is 3.54. The van der Waals surface area contributed by atoms with Crippen LogP contribution in [0.3, 0.4) is 0 Å². The Hall–Kier alpha value is -4.14. The molecule has 180 valence electrons. The van der Waals surface area contributed by atoms with Gasteiger partial charge in [0, 0.05) is 45.2 Å². The van der Waals surface area contributed by atoms with Crippen LogP contribution in [0.25, 0.3) is 0 Å². The summed E-state index contributed by atoms with van der Waals surface area (Å²) in [5.41, 5.74) is 1.04. The average molecular weight is 475 g/mol. The van der Waals surface area contributed by atoms with Crippen LogP contribution in [0.1, 0.15) is 29.5 Å². The zero-order chi connectivity index (χ0) is 24.6. The zero-order valence-electron chi connectivity index (χ0n) is 19.6. The van der Waals surface area contributed by atoms with Crippen molar-refractivity contribution < 1.29 is 23.9 Å². The van der Waals surface area contributed by atoms with Crippen molar-refractivity contribution in [2.45, 2.75) is 31.3 Å². The topological polar surface area (TPSA) is 94.0 Å². The minimum absolute atomic E-state index is 0.0626. The summed E-state index contributed by atoms with van der Waals surface area (Å²) < 4.78 is 12.5. The number of hydrogen-bond donors (Lipinski definition) is 0. The van der Waals surface area contributed by atoms with E-state index in [4.69, 9.17) is 9.47 Å². The molecule has 2 aliphatic heterocycles. The molecule has 3 heterocycles. The number of imide groups is 1. The van der Waals surface area contributed by atoms with Gasteiger partial charge in [-0.2, -0.15) is 5.10 Å². The van der Waals surface area contributed by atoms with Gasteiger partial charge in [0.05, 0.1) is 18.2 Å². The number of amides is 3. The van der Waals surface area contributed by atoms with Gasteiger partial charge in [-0.15, -0.1) is 0 Å². The van der Waals surface area contributed by atoms with E-state index in [1.807, 2.05) is 49.6 Å². The molecule has 2 aromatic carbocycles. The SMILES string of the molecule is CN(Cc1cnn(C)c1)C(=O)C[C@@]1(c2ccccc2)CC(=O)N(Cc2ccc3c(c2)OCO3)C1=O. The van der Waals surface area contributed by atoms with Crippen molar-refractivity contribution in [1.82, 2.24) is 19.6 Å². The number of rotatable bonds is 7. The Morgan fingerprint density at radius 3 is 2.60 bits per heavy atom. The highest BCUT2D eigenvalue weighted by atomic mass is 16.7. The molecular weight excluding hydrogens is 448 g/mol. The lowest BCUT2D eigenvalue weighted by Gasteiger charge is -2.29. The van der Waals surface area contributed by atoms with Gasteiger partial charge in [0.15, 0.2) is 11.5 Å². The van der Waals surface area contributed by atoms with Crippen molar-refractivity contribution in [2.24, 2.45) is 7.05 Å². The van der Waals surface area contributed by atoms with E-state index < -0.39 is 5.41 Å². The van der Waals surface area contributed by atoms with Crippen LogP contribution in [0.15, 0.2) is 60.9 Å². The number of likely N-dealkylation sites (tertiary alicyclic amines) is 1. The first-order valence-electron chi connectivity index (χ1n) is 11.4. The molecule has 3 aromatic rings. The van der Waals surface area contributed by atoms with Crippen LogP contribution in [-0.2, 0) is 39.9 Å². The number of carbonyl (C=O) groups excluding carboxylic acids is 3. The van der Waals surface area contributed by atoms with Gasteiger partial charge in [-0.1, -0.05) is 36.4 Å². The van der Waals surface area contributed by atoms with E-state index in [1.165, 1.54) is 4.90 Å². The fourth-order valence-corrected chi connectivity index (χ4v) is 4.71. The van der Waals surface area contributed by atoms with Gasteiger partial charge in [0.25, 0.3) is 0 Å². The predicted molar refractivity (Wildman–Crippen MR) is 125 cm³/mol. The maximum atomic E-state index is 13.9. The summed E-state index contributed by atoms with van der Waals surface area (Å²) >= 11 is 0. The standard InChI is InChI=1S/C26H26N4O5/c1-28(14-19-13-27-29(2)15-19)23(31)11-26(20-6-4-3-5-7-20)12-24(32)30(25(26)33)16-18-8-9-21-22(10-18)35-17-34-21/h3-10,13,15H,11-12,14,16-17H2,1-2H3/t26-/m0/s1. The van der Waals surface area contributed by atoms with Gasteiger partial charge < -0.3 is 14.4 Å². The quantitative estimate of drug-likeness (QED) is 0.488. The molecule has 9 heteroatoms. The maximum absolute atomic E-state index is 13.9. The molecule has 5 rings (SSSR count). The van der Waals surface area contributed by atoms with E-state index in [0.717, 1.165) is 11.1 Å². The number of fused-ring (bicyclic) bond motifs is 1. The first kappa shape index (κ1) is 22.6. The third kappa shape index (κ3) is 4.25. The molecule has 1 atom stereocenters. The molecule has 0 saturated carbocycles. The summed E-state index contributed by atoms with van der Waals surface area (Å²) in [7, 11) is 3.51. The molecule has 1 fully saturated rings. The summed E-state index contributed by atoms with van der Waals surface area (Å²) in [5.74, 6) is 0.328. The van der Waals surface area contributed by atoms with Gasteiger partial charge in [-0.25, -0.2) is 0 Å². The molecule has 0 bridgehead atoms. The van der Waals surface area contributed by atoms with Crippen LogP contribution < -0.4 is 9.47 Å². The third-order valence-electron chi connectivity index (χ3n) is 6.57. The number of aryl methyl sites for hydroxylation is 1. The normalized spacial score (nSPS) is 18.9. The summed E-state index contributed by atoms with van der Waals surface area (Å²) in [5, 5.41) is 4.14. The monoisotopic (exact) mass is 474 g/mol. The Bertz CT molecular complexity index is 1290. The summed E-state index contributed by atoms with van der Waals surface area (Å²) in [6.07, 6.45) is 3.38. The Balaban J connectivity index is 1.41. The van der Waals surface area contributed by atoms with Gasteiger partial charge in [0.2, 0.25) is 24.5 Å². The lowest BCUT2D eigenvalue weighted by Crippen LogP contribution is -2.42. The number of nitrogens with zero attached hydrogens (tertiary/aromatic N) is 4. The number of benzene rings is 2. The highest BCUT2D eigenvalue weighted by molar-refractivity contribution is 6.10. The van der Waals surface area contributed by atoms with Crippen molar-refractivity contribution in [1.29, 1.82) is 0 Å². The summed E-state index contributed by atoms with van der Waals surface area (Å²) in [4.78, 5) is 43.2. The number of hydrogen-bond acceptors (Lipinski definition) is 6. The van der Waals surface area contributed by atoms with E-state index in [0.29, 0.717) is 23.6 Å². The smallest absolute Gasteiger partial charge is 0.241 e. The second-order valence-corrected chi connectivity index (χ2v) is 9.05. The van der Waals surface area contributed by atoms with E-state index in [9.17, 15) is 14.4 Å². The van der Waals surface area contributed by atoms with Gasteiger partial charge >= 0.3 is 0 Å². The van der Waals surface area contributed by atoms with Crippen LogP contribution in [0, 0.1) is 0 Å². The molecular formula is C26H26N4O5. The molecule has 2 aliphatic rings. The number of carbonyl (C=O) groups is 3. The molecule has 0 spiro atoms. The van der Waals surface area contributed by atoms with Crippen LogP contribution >= 0.6 is 0 Å². The fourth-order valence-electron chi connectivity index (χ4n) is 4.71. The van der Waals surface area contributed by atoms with Crippen molar-refractivity contribution in [3.63, 3.8) is 0 Å². The van der Waals surface area contributed by atoms with Crippen molar-refractivity contribution in [3.05, 3.63) is 77.6 Å². The van der Waals surface area contributed by atoms with E-state index in [-0.39, 0.29) is 43.9 Å². The van der Waals surface area contributed by atoms with Crippen LogP contribution in [-0.4, -0.2) is 51.1 Å². The first-order valence-corrected chi connectivity index (χ1v) is 11.4. The minimum Gasteiger partial charge on any atom is -0.454 e. The highest BCUT2D eigenvalue weighted by Crippen LogP contribution is 2.41. The summed E-state index contributed by atoms with van der Waals surface area (Å²) in [6.45, 7) is 0.606. The number of aromatic nitrogens is 2. The Labute approximate surface area is 202 Å². The molecule has 3 amide bonds. The molecule has 0 aliphatic carbocycles. The van der Waals surface area contributed by atoms with Crippen LogP contribution in [0.2, 0.25) is 0 Å². The Morgan fingerprint density at radius 1 is 1.09 bits per heavy atom.